The fourth-order valence-corrected chi connectivity index (χ4v) is 3.12. The molecule has 19 heavy (non-hydrogen) atoms. The molecule has 1 heterocycles. The molecule has 0 radical (unpaired) electrons. The van der Waals surface area contributed by atoms with Crippen molar-refractivity contribution in [2.45, 2.75) is 19.8 Å². The Labute approximate surface area is 123 Å². The lowest BCUT2D eigenvalue weighted by atomic mass is 9.95. The molecule has 104 valence electrons. The molecule has 0 bridgehead atoms. The van der Waals surface area contributed by atoms with E-state index in [0.717, 1.165) is 30.4 Å². The van der Waals surface area contributed by atoms with Gasteiger partial charge in [-0.15, -0.1) is 0 Å². The molecule has 0 saturated carbocycles. The van der Waals surface area contributed by atoms with Crippen molar-refractivity contribution in [1.29, 1.82) is 0 Å². The molecule has 2 atom stereocenters. The van der Waals surface area contributed by atoms with E-state index in [1.165, 1.54) is 12.8 Å². The first-order valence-electron chi connectivity index (χ1n) is 6.68. The summed E-state index contributed by atoms with van der Waals surface area (Å²) in [5.74, 6) is 0.478. The molecule has 1 aromatic rings. The average molecular weight is 326 g/mol. The molecule has 1 aliphatic heterocycles. The van der Waals surface area contributed by atoms with Gasteiger partial charge in [0, 0.05) is 23.2 Å². The topological polar surface area (TPSA) is 29.5 Å². The van der Waals surface area contributed by atoms with Gasteiger partial charge in [-0.05, 0) is 37.0 Å². The van der Waals surface area contributed by atoms with Gasteiger partial charge in [0.15, 0.2) is 0 Å². The van der Waals surface area contributed by atoms with Gasteiger partial charge in [-0.3, -0.25) is 4.79 Å². The quantitative estimate of drug-likeness (QED) is 0.794. The van der Waals surface area contributed by atoms with Crippen molar-refractivity contribution in [1.82, 2.24) is 0 Å². The number of carbonyl (C=O) groups is 1. The Balaban J connectivity index is 1.91. The zero-order valence-electron chi connectivity index (χ0n) is 11.4. The van der Waals surface area contributed by atoms with Crippen LogP contribution in [0.4, 0.5) is 5.69 Å². The van der Waals surface area contributed by atoms with Crippen LogP contribution in [0.15, 0.2) is 28.7 Å². The maximum atomic E-state index is 11.5. The van der Waals surface area contributed by atoms with Crippen LogP contribution in [0.25, 0.3) is 0 Å². The van der Waals surface area contributed by atoms with Crippen molar-refractivity contribution in [3.63, 3.8) is 0 Å². The molecule has 0 aliphatic carbocycles. The Bertz CT molecular complexity index is 450. The second-order valence-corrected chi connectivity index (χ2v) is 6.16. The van der Waals surface area contributed by atoms with E-state index in [1.807, 2.05) is 13.0 Å². The van der Waals surface area contributed by atoms with E-state index < -0.39 is 0 Å². The lowest BCUT2D eigenvalue weighted by molar-refractivity contribution is -0.145. The number of halogens is 1. The van der Waals surface area contributed by atoms with Crippen LogP contribution in [0.5, 0.6) is 0 Å². The SMILES string of the molecule is COC(=O)C(C)CC1CCN(c2cccc(Br)c2)C1. The van der Waals surface area contributed by atoms with Crippen LogP contribution < -0.4 is 4.90 Å². The number of nitrogens with zero attached hydrogens (tertiary/aromatic N) is 1. The summed E-state index contributed by atoms with van der Waals surface area (Å²) in [6, 6.07) is 8.38. The summed E-state index contributed by atoms with van der Waals surface area (Å²) in [4.78, 5) is 13.8. The molecule has 4 heteroatoms. The molecule has 2 rings (SSSR count). The molecule has 0 spiro atoms. The van der Waals surface area contributed by atoms with Gasteiger partial charge in [-0.2, -0.15) is 0 Å². The molecule has 1 fully saturated rings. The monoisotopic (exact) mass is 325 g/mol. The third kappa shape index (κ3) is 3.72. The zero-order valence-corrected chi connectivity index (χ0v) is 13.0. The first-order chi connectivity index (χ1) is 9.10. The van der Waals surface area contributed by atoms with Gasteiger partial charge in [-0.1, -0.05) is 28.9 Å². The van der Waals surface area contributed by atoms with Crippen molar-refractivity contribution in [2.24, 2.45) is 11.8 Å². The van der Waals surface area contributed by atoms with Gasteiger partial charge in [-0.25, -0.2) is 0 Å². The highest BCUT2D eigenvalue weighted by Crippen LogP contribution is 2.29. The highest BCUT2D eigenvalue weighted by Gasteiger charge is 2.26. The minimum Gasteiger partial charge on any atom is -0.469 e. The Morgan fingerprint density at radius 2 is 2.37 bits per heavy atom. The van der Waals surface area contributed by atoms with E-state index in [2.05, 4.69) is 39.0 Å². The Morgan fingerprint density at radius 3 is 3.05 bits per heavy atom. The van der Waals surface area contributed by atoms with Crippen molar-refractivity contribution in [2.75, 3.05) is 25.1 Å². The fourth-order valence-electron chi connectivity index (χ4n) is 2.73. The molecule has 1 saturated heterocycles. The zero-order chi connectivity index (χ0) is 13.8. The third-order valence-electron chi connectivity index (χ3n) is 3.75. The van der Waals surface area contributed by atoms with Crippen LogP contribution in [0.2, 0.25) is 0 Å². The van der Waals surface area contributed by atoms with E-state index in [4.69, 9.17) is 4.74 Å². The lowest BCUT2D eigenvalue weighted by Gasteiger charge is -2.20. The molecule has 0 amide bonds. The number of ether oxygens (including phenoxy) is 1. The van der Waals surface area contributed by atoms with E-state index in [0.29, 0.717) is 5.92 Å². The Kier molecular flexibility index (Phi) is 4.86. The number of hydrogen-bond acceptors (Lipinski definition) is 3. The summed E-state index contributed by atoms with van der Waals surface area (Å²) < 4.78 is 5.90. The summed E-state index contributed by atoms with van der Waals surface area (Å²) in [6.07, 6.45) is 2.06. The highest BCUT2D eigenvalue weighted by atomic mass is 79.9. The first kappa shape index (κ1) is 14.4. The summed E-state index contributed by atoms with van der Waals surface area (Å²) in [5, 5.41) is 0. The maximum absolute atomic E-state index is 11.5. The fraction of sp³-hybridized carbons (Fsp3) is 0.533. The molecular weight excluding hydrogens is 306 g/mol. The van der Waals surface area contributed by atoms with Crippen molar-refractivity contribution < 1.29 is 9.53 Å². The molecule has 0 aromatic heterocycles. The number of rotatable bonds is 4. The van der Waals surface area contributed by atoms with Gasteiger partial charge in [0.05, 0.1) is 13.0 Å². The van der Waals surface area contributed by atoms with Gasteiger partial charge < -0.3 is 9.64 Å². The molecule has 0 N–H and O–H groups in total. The highest BCUT2D eigenvalue weighted by molar-refractivity contribution is 9.10. The van der Waals surface area contributed by atoms with Crippen LogP contribution in [0, 0.1) is 11.8 Å². The smallest absolute Gasteiger partial charge is 0.308 e. The van der Waals surface area contributed by atoms with Crippen molar-refractivity contribution in [3.8, 4) is 0 Å². The summed E-state index contributed by atoms with van der Waals surface area (Å²) >= 11 is 3.51. The number of carbonyl (C=O) groups excluding carboxylic acids is 1. The van der Waals surface area contributed by atoms with Crippen molar-refractivity contribution in [3.05, 3.63) is 28.7 Å². The van der Waals surface area contributed by atoms with Crippen LogP contribution in [0.1, 0.15) is 19.8 Å². The van der Waals surface area contributed by atoms with E-state index in [-0.39, 0.29) is 11.9 Å². The molecular formula is C15H20BrNO2. The van der Waals surface area contributed by atoms with Gasteiger partial charge >= 0.3 is 5.97 Å². The first-order valence-corrected chi connectivity index (χ1v) is 7.47. The number of esters is 1. The van der Waals surface area contributed by atoms with Crippen LogP contribution in [-0.2, 0) is 9.53 Å². The van der Waals surface area contributed by atoms with Crippen LogP contribution in [-0.4, -0.2) is 26.2 Å². The number of anilines is 1. The van der Waals surface area contributed by atoms with Crippen molar-refractivity contribution >= 4 is 27.6 Å². The lowest BCUT2D eigenvalue weighted by Crippen LogP contribution is -2.22. The van der Waals surface area contributed by atoms with Crippen LogP contribution in [0.3, 0.4) is 0 Å². The second kappa shape index (κ2) is 6.42. The van der Waals surface area contributed by atoms with E-state index in [9.17, 15) is 4.79 Å². The predicted molar refractivity (Wildman–Crippen MR) is 80.3 cm³/mol. The minimum atomic E-state index is -0.0964. The van der Waals surface area contributed by atoms with Gasteiger partial charge in [0.25, 0.3) is 0 Å². The molecule has 3 nitrogen and oxygen atoms in total. The normalized spacial score (nSPS) is 20.4. The maximum Gasteiger partial charge on any atom is 0.308 e. The number of hydrogen-bond donors (Lipinski definition) is 0. The summed E-state index contributed by atoms with van der Waals surface area (Å²) in [6.45, 7) is 4.04. The third-order valence-corrected chi connectivity index (χ3v) is 4.24. The van der Waals surface area contributed by atoms with Gasteiger partial charge in [0.1, 0.15) is 0 Å². The molecule has 1 aromatic carbocycles. The summed E-state index contributed by atoms with van der Waals surface area (Å²) in [7, 11) is 1.46. The van der Waals surface area contributed by atoms with Gasteiger partial charge in [0.2, 0.25) is 0 Å². The largest absolute Gasteiger partial charge is 0.469 e. The molecule has 2 unspecified atom stereocenters. The summed E-state index contributed by atoms with van der Waals surface area (Å²) in [5.41, 5.74) is 1.25. The molecule has 1 aliphatic rings. The second-order valence-electron chi connectivity index (χ2n) is 5.24. The Hall–Kier alpha value is -1.03. The minimum absolute atomic E-state index is 0.00235. The predicted octanol–water partition coefficient (Wildman–Crippen LogP) is 3.47. The van der Waals surface area contributed by atoms with Crippen LogP contribution >= 0.6 is 15.9 Å². The standard InChI is InChI=1S/C15H20BrNO2/c1-11(15(18)19-2)8-12-6-7-17(10-12)14-5-3-4-13(16)9-14/h3-5,9,11-12H,6-8,10H2,1-2H3. The van der Waals surface area contributed by atoms with E-state index >= 15 is 0 Å². The Morgan fingerprint density at radius 1 is 1.58 bits per heavy atom. The average Bonchev–Trinajstić information content (AvgIpc) is 2.86. The number of benzene rings is 1. The number of methoxy groups -OCH3 is 1. The van der Waals surface area contributed by atoms with E-state index in [1.54, 1.807) is 0 Å².